The fraction of sp³-hybridized carbons (Fsp3) is 0.800. The van der Waals surface area contributed by atoms with Crippen molar-refractivity contribution in [2.24, 2.45) is 22.7 Å². The summed E-state index contributed by atoms with van der Waals surface area (Å²) in [4.78, 5) is 24.9. The van der Waals surface area contributed by atoms with Crippen LogP contribution in [0.15, 0.2) is 11.6 Å². The van der Waals surface area contributed by atoms with Crippen LogP contribution >= 0.6 is 0 Å². The number of rotatable bonds is 0. The van der Waals surface area contributed by atoms with Crippen molar-refractivity contribution in [3.8, 4) is 0 Å². The molecule has 0 aromatic heterocycles. The first-order valence-electron chi connectivity index (χ1n) is 9.77. The molecule has 2 heterocycles. The molecule has 0 radical (unpaired) electrons. The van der Waals surface area contributed by atoms with E-state index in [2.05, 4.69) is 0 Å². The van der Waals surface area contributed by atoms with E-state index >= 15 is 0 Å². The summed E-state index contributed by atoms with van der Waals surface area (Å²) in [5, 5.41) is 45.0. The van der Waals surface area contributed by atoms with E-state index in [1.165, 1.54) is 13.0 Å². The number of hydrogen-bond acceptors (Lipinski definition) is 8. The minimum Gasteiger partial charge on any atom is -0.461 e. The molecule has 0 aromatic rings. The number of aliphatic hydroxyl groups is 4. The molecule has 2 saturated heterocycles. The van der Waals surface area contributed by atoms with Crippen LogP contribution in [0.4, 0.5) is 0 Å². The second-order valence-electron chi connectivity index (χ2n) is 9.71. The second-order valence-corrected chi connectivity index (χ2v) is 9.71. The minimum atomic E-state index is -1.78. The van der Waals surface area contributed by atoms with Gasteiger partial charge in [-0.2, -0.15) is 0 Å². The lowest BCUT2D eigenvalue weighted by atomic mass is 9.37. The number of ether oxygens (including phenoxy) is 2. The molecule has 3 aliphatic carbocycles. The largest absolute Gasteiger partial charge is 0.461 e. The molecule has 0 aromatic carbocycles. The number of aliphatic hydroxyl groups excluding tert-OH is 3. The third kappa shape index (κ3) is 1.61. The van der Waals surface area contributed by atoms with E-state index < -0.39 is 64.1 Å². The Morgan fingerprint density at radius 3 is 2.54 bits per heavy atom. The number of carbonyl (C=O) groups is 2. The fourth-order valence-electron chi connectivity index (χ4n) is 7.49. The van der Waals surface area contributed by atoms with Crippen LogP contribution < -0.4 is 0 Å². The molecule has 4 N–H and O–H groups in total. The quantitative estimate of drug-likeness (QED) is 0.388. The Balaban J connectivity index is 1.81. The molecule has 5 aliphatic rings. The molecule has 2 aliphatic heterocycles. The Morgan fingerprint density at radius 1 is 1.18 bits per heavy atom. The van der Waals surface area contributed by atoms with Crippen molar-refractivity contribution in [3.63, 3.8) is 0 Å². The van der Waals surface area contributed by atoms with Crippen molar-refractivity contribution in [2.45, 2.75) is 69.2 Å². The number of ketones is 1. The summed E-state index contributed by atoms with van der Waals surface area (Å²) in [5.74, 6) is -2.31. The molecule has 5 rings (SSSR count). The van der Waals surface area contributed by atoms with Gasteiger partial charge < -0.3 is 29.9 Å². The van der Waals surface area contributed by atoms with E-state index in [1.807, 2.05) is 0 Å². The van der Waals surface area contributed by atoms with Gasteiger partial charge in [-0.05, 0) is 32.3 Å². The van der Waals surface area contributed by atoms with Crippen LogP contribution in [-0.2, 0) is 19.1 Å². The zero-order valence-electron chi connectivity index (χ0n) is 16.1. The molecule has 1 spiro atoms. The van der Waals surface area contributed by atoms with Crippen molar-refractivity contribution < 1.29 is 39.5 Å². The lowest BCUT2D eigenvalue weighted by Crippen LogP contribution is -2.83. The summed E-state index contributed by atoms with van der Waals surface area (Å²) >= 11 is 0. The normalized spacial score (nSPS) is 59.9. The average Bonchev–Trinajstić information content (AvgIpc) is 2.79. The van der Waals surface area contributed by atoms with Crippen molar-refractivity contribution in [3.05, 3.63) is 11.6 Å². The Morgan fingerprint density at radius 2 is 1.86 bits per heavy atom. The fourth-order valence-corrected chi connectivity index (χ4v) is 7.49. The molecule has 10 unspecified atom stereocenters. The van der Waals surface area contributed by atoms with Gasteiger partial charge in [-0.15, -0.1) is 0 Å². The highest BCUT2D eigenvalue weighted by Gasteiger charge is 2.86. The SMILES string of the molecule is CC1=CC(=O)C(O)C2(C)C1CC1OC(=O)CC3(O)C4(C)OCC13C2C(O)C4O. The smallest absolute Gasteiger partial charge is 0.309 e. The summed E-state index contributed by atoms with van der Waals surface area (Å²) < 4.78 is 11.6. The maximum atomic E-state index is 12.5. The van der Waals surface area contributed by atoms with Gasteiger partial charge in [0, 0.05) is 11.3 Å². The number of hydrogen-bond donors (Lipinski definition) is 4. The van der Waals surface area contributed by atoms with Gasteiger partial charge in [0.25, 0.3) is 0 Å². The summed E-state index contributed by atoms with van der Waals surface area (Å²) in [6.45, 7) is 4.97. The molecule has 28 heavy (non-hydrogen) atoms. The van der Waals surface area contributed by atoms with Gasteiger partial charge in [0.05, 0.1) is 24.5 Å². The molecule has 10 atom stereocenters. The maximum absolute atomic E-state index is 12.5. The van der Waals surface area contributed by atoms with Crippen LogP contribution in [0.25, 0.3) is 0 Å². The van der Waals surface area contributed by atoms with Crippen LogP contribution in [0.2, 0.25) is 0 Å². The van der Waals surface area contributed by atoms with E-state index in [1.54, 1.807) is 13.8 Å². The third-order valence-electron chi connectivity index (χ3n) is 8.88. The lowest BCUT2D eigenvalue weighted by molar-refractivity contribution is -0.330. The van der Waals surface area contributed by atoms with Gasteiger partial charge in [-0.3, -0.25) is 9.59 Å². The topological polar surface area (TPSA) is 134 Å². The third-order valence-corrected chi connectivity index (χ3v) is 8.88. The van der Waals surface area contributed by atoms with Crippen molar-refractivity contribution in [2.75, 3.05) is 6.61 Å². The monoisotopic (exact) mass is 394 g/mol. The number of esters is 1. The van der Waals surface area contributed by atoms with Gasteiger partial charge in [0.15, 0.2) is 5.78 Å². The van der Waals surface area contributed by atoms with Crippen LogP contribution in [0, 0.1) is 22.7 Å². The Bertz CT molecular complexity index is 823. The number of fused-ring (bicyclic) bond motifs is 2. The van der Waals surface area contributed by atoms with E-state index in [4.69, 9.17) is 9.47 Å². The first-order valence-corrected chi connectivity index (χ1v) is 9.77. The van der Waals surface area contributed by atoms with Gasteiger partial charge in [0.2, 0.25) is 0 Å². The zero-order chi connectivity index (χ0) is 20.4. The van der Waals surface area contributed by atoms with E-state index in [9.17, 15) is 30.0 Å². The Labute approximate surface area is 162 Å². The predicted octanol–water partition coefficient (Wildman–Crippen LogP) is -0.924. The second kappa shape index (κ2) is 5.05. The molecule has 154 valence electrons. The van der Waals surface area contributed by atoms with Crippen LogP contribution in [0.5, 0.6) is 0 Å². The highest BCUT2D eigenvalue weighted by Crippen LogP contribution is 2.73. The summed E-state index contributed by atoms with van der Waals surface area (Å²) in [6, 6.07) is 0. The number of carbonyl (C=O) groups excluding carboxylic acids is 2. The summed E-state index contributed by atoms with van der Waals surface area (Å²) in [6.07, 6.45) is -3.70. The molecule has 8 heteroatoms. The molecule has 8 nitrogen and oxygen atoms in total. The summed E-state index contributed by atoms with van der Waals surface area (Å²) in [5.41, 5.74) is -4.99. The molecule has 2 saturated carbocycles. The van der Waals surface area contributed by atoms with Crippen LogP contribution in [-0.4, -0.2) is 74.4 Å². The van der Waals surface area contributed by atoms with Gasteiger partial charge in [-0.25, -0.2) is 0 Å². The highest BCUT2D eigenvalue weighted by molar-refractivity contribution is 5.96. The molecule has 0 amide bonds. The van der Waals surface area contributed by atoms with E-state index in [0.717, 1.165) is 5.57 Å². The predicted molar refractivity (Wildman–Crippen MR) is 92.7 cm³/mol. The molecule has 2 bridgehead atoms. The average molecular weight is 394 g/mol. The molecular formula is C20H26O8. The molecular weight excluding hydrogens is 368 g/mol. The number of allylic oxidation sites excluding steroid dienone is 1. The lowest BCUT2D eigenvalue weighted by Gasteiger charge is -2.69. The van der Waals surface area contributed by atoms with Crippen molar-refractivity contribution >= 4 is 11.8 Å². The first-order chi connectivity index (χ1) is 12.9. The van der Waals surface area contributed by atoms with E-state index in [0.29, 0.717) is 6.42 Å². The van der Waals surface area contributed by atoms with E-state index in [-0.39, 0.29) is 18.9 Å². The summed E-state index contributed by atoms with van der Waals surface area (Å²) in [7, 11) is 0. The van der Waals surface area contributed by atoms with Crippen molar-refractivity contribution in [1.29, 1.82) is 0 Å². The van der Waals surface area contributed by atoms with Gasteiger partial charge in [0.1, 0.15) is 29.5 Å². The van der Waals surface area contributed by atoms with Gasteiger partial charge in [-0.1, -0.05) is 12.5 Å². The van der Waals surface area contributed by atoms with Gasteiger partial charge >= 0.3 is 5.97 Å². The Hall–Kier alpha value is -1.32. The van der Waals surface area contributed by atoms with Crippen LogP contribution in [0.1, 0.15) is 33.6 Å². The molecule has 4 fully saturated rings. The van der Waals surface area contributed by atoms with Crippen LogP contribution in [0.3, 0.4) is 0 Å². The first kappa shape index (κ1) is 18.7. The maximum Gasteiger partial charge on any atom is 0.309 e. The van der Waals surface area contributed by atoms with Crippen molar-refractivity contribution in [1.82, 2.24) is 0 Å². The minimum absolute atomic E-state index is 0.0390. The Kier molecular flexibility index (Phi) is 3.37. The standard InChI is InChI=1S/C20H26O8/c1-8-4-10(21)15(24)17(2)9(8)5-11-19-7-27-18(3,16(25)13(23)14(17)19)20(19,26)6-12(22)28-11/h4,9,11,13-16,23-26H,5-7H2,1-3H3. The zero-order valence-corrected chi connectivity index (χ0v) is 16.1. The highest BCUT2D eigenvalue weighted by atomic mass is 16.6.